The summed E-state index contributed by atoms with van der Waals surface area (Å²) >= 11 is 7.61. The molecule has 2 aromatic carbocycles. The lowest BCUT2D eigenvalue weighted by Gasteiger charge is -2.46. The van der Waals surface area contributed by atoms with Gasteiger partial charge in [-0.1, -0.05) is 12.0 Å². The second kappa shape index (κ2) is 11.4. The Morgan fingerprint density at radius 3 is 2.65 bits per heavy atom. The van der Waals surface area contributed by atoms with Gasteiger partial charge in [0.1, 0.15) is 12.3 Å². The van der Waals surface area contributed by atoms with Crippen molar-refractivity contribution in [2.24, 2.45) is 5.41 Å². The van der Waals surface area contributed by atoms with Crippen LogP contribution in [-0.4, -0.2) is 54.3 Å². The monoisotopic (exact) mass is 551 g/mol. The highest BCUT2D eigenvalue weighted by molar-refractivity contribution is 7.98. The summed E-state index contributed by atoms with van der Waals surface area (Å²) in [6, 6.07) is 12.8. The van der Waals surface area contributed by atoms with E-state index in [2.05, 4.69) is 22.5 Å². The molecule has 0 spiro atoms. The topological polar surface area (TPSA) is 58.4 Å². The smallest absolute Gasteiger partial charge is 0.406 e. The summed E-state index contributed by atoms with van der Waals surface area (Å²) in [7, 11) is 1.58. The molecule has 1 aliphatic rings. The standard InChI is InChI=1S/C27H29ClF3N3O2S/c1-36-25-12-20(37-2)8-9-23(25)32-10-4-5-19-11-21-22(33-18-13-26(14-18,15-28)17-35)6-3-7-24(21)34(19)16-27(29,30)31/h3,6-9,11-12,18,32-33,35H,10,13-17H2,1-2H3. The van der Waals surface area contributed by atoms with Crippen LogP contribution >= 0.6 is 23.4 Å². The summed E-state index contributed by atoms with van der Waals surface area (Å²) in [5.41, 5.74) is 1.95. The number of hydrogen-bond donors (Lipinski definition) is 3. The number of aliphatic hydroxyl groups excluding tert-OH is 1. The second-order valence-corrected chi connectivity index (χ2v) is 10.4. The lowest BCUT2D eigenvalue weighted by Crippen LogP contribution is -2.48. The number of thioether (sulfide) groups is 1. The molecule has 1 aliphatic carbocycles. The molecule has 3 N–H and O–H groups in total. The van der Waals surface area contributed by atoms with E-state index in [1.807, 2.05) is 30.5 Å². The molecular weight excluding hydrogens is 523 g/mol. The van der Waals surface area contributed by atoms with Crippen LogP contribution in [0.3, 0.4) is 0 Å². The van der Waals surface area contributed by atoms with E-state index in [0.29, 0.717) is 35.4 Å². The van der Waals surface area contributed by atoms with Gasteiger partial charge in [-0.2, -0.15) is 13.2 Å². The van der Waals surface area contributed by atoms with Crippen LogP contribution in [0.5, 0.6) is 5.75 Å². The minimum atomic E-state index is -4.40. The van der Waals surface area contributed by atoms with Crippen LogP contribution in [0, 0.1) is 17.3 Å². The number of nitrogens with one attached hydrogen (secondary N) is 2. The summed E-state index contributed by atoms with van der Waals surface area (Å²) in [6.45, 7) is -0.885. The molecule has 10 heteroatoms. The lowest BCUT2D eigenvalue weighted by molar-refractivity contribution is -0.140. The Balaban J connectivity index is 1.58. The van der Waals surface area contributed by atoms with Gasteiger partial charge in [0, 0.05) is 39.9 Å². The first-order valence-corrected chi connectivity index (χ1v) is 13.5. The molecule has 37 heavy (non-hydrogen) atoms. The Morgan fingerprint density at radius 1 is 1.22 bits per heavy atom. The predicted octanol–water partition coefficient (Wildman–Crippen LogP) is 6.19. The molecule has 1 fully saturated rings. The molecule has 1 saturated carbocycles. The van der Waals surface area contributed by atoms with Crippen LogP contribution in [0.2, 0.25) is 0 Å². The van der Waals surface area contributed by atoms with Crippen molar-refractivity contribution < 1.29 is 23.0 Å². The van der Waals surface area contributed by atoms with Crippen molar-refractivity contribution in [3.05, 3.63) is 48.2 Å². The number of methoxy groups -OCH3 is 1. The fraction of sp³-hybridized carbons (Fsp3) is 0.407. The van der Waals surface area contributed by atoms with Gasteiger partial charge < -0.3 is 25.0 Å². The average Bonchev–Trinajstić information content (AvgIpc) is 3.20. The molecule has 0 aliphatic heterocycles. The van der Waals surface area contributed by atoms with E-state index in [9.17, 15) is 18.3 Å². The van der Waals surface area contributed by atoms with Gasteiger partial charge in [0.2, 0.25) is 0 Å². The molecule has 0 unspecified atom stereocenters. The first kappa shape index (κ1) is 27.4. The van der Waals surface area contributed by atoms with Gasteiger partial charge in [-0.25, -0.2) is 0 Å². The number of anilines is 2. The Labute approximate surface area is 223 Å². The van der Waals surface area contributed by atoms with Crippen molar-refractivity contribution in [3.63, 3.8) is 0 Å². The Kier molecular flexibility index (Phi) is 8.42. The van der Waals surface area contributed by atoms with E-state index in [1.165, 1.54) is 4.57 Å². The molecule has 3 aromatic rings. The summed E-state index contributed by atoms with van der Waals surface area (Å²) < 4.78 is 47.0. The van der Waals surface area contributed by atoms with Gasteiger partial charge in [-0.05, 0) is 61.4 Å². The fourth-order valence-corrected chi connectivity index (χ4v) is 5.40. The molecule has 1 aromatic heterocycles. The van der Waals surface area contributed by atoms with Crippen LogP contribution < -0.4 is 15.4 Å². The van der Waals surface area contributed by atoms with E-state index in [1.54, 1.807) is 37.1 Å². The normalized spacial score (nSPS) is 19.2. The first-order valence-electron chi connectivity index (χ1n) is 11.8. The van der Waals surface area contributed by atoms with Crippen LogP contribution in [0.4, 0.5) is 24.5 Å². The predicted molar refractivity (Wildman–Crippen MR) is 145 cm³/mol. The maximum Gasteiger partial charge on any atom is 0.406 e. The number of alkyl halides is 4. The Hall–Kier alpha value is -2.67. The molecule has 198 valence electrons. The summed E-state index contributed by atoms with van der Waals surface area (Å²) in [6.07, 6.45) is -1.02. The van der Waals surface area contributed by atoms with Gasteiger partial charge in [0.05, 0.1) is 30.6 Å². The molecule has 5 nitrogen and oxygen atoms in total. The highest BCUT2D eigenvalue weighted by Crippen LogP contribution is 2.44. The van der Waals surface area contributed by atoms with Gasteiger partial charge in [-0.3, -0.25) is 0 Å². The number of aromatic nitrogens is 1. The van der Waals surface area contributed by atoms with Gasteiger partial charge in [0.15, 0.2) is 0 Å². The minimum absolute atomic E-state index is 0.0161. The zero-order chi connectivity index (χ0) is 26.6. The van der Waals surface area contributed by atoms with E-state index in [-0.39, 0.29) is 30.3 Å². The first-order chi connectivity index (χ1) is 17.7. The Morgan fingerprint density at radius 2 is 2.00 bits per heavy atom. The maximum atomic E-state index is 13.5. The number of nitrogens with zero attached hydrogens (tertiary/aromatic N) is 1. The number of benzene rings is 2. The fourth-order valence-electron chi connectivity index (χ4n) is 4.67. The molecule has 0 atom stereocenters. The largest absolute Gasteiger partial charge is 0.495 e. The number of rotatable bonds is 9. The molecular formula is C27H29ClF3N3O2S. The van der Waals surface area contributed by atoms with E-state index in [0.717, 1.165) is 16.3 Å². The quantitative estimate of drug-likeness (QED) is 0.168. The third kappa shape index (κ3) is 6.25. The van der Waals surface area contributed by atoms with E-state index >= 15 is 0 Å². The Bertz CT molecular complexity index is 1300. The van der Waals surface area contributed by atoms with Crippen LogP contribution in [-0.2, 0) is 6.54 Å². The number of halogens is 4. The van der Waals surface area contributed by atoms with Gasteiger partial charge in [0.25, 0.3) is 0 Å². The maximum absolute atomic E-state index is 13.5. The SMILES string of the molecule is COc1cc(SC)ccc1NCC#Cc1cc2c(NC3CC(CO)(CCl)C3)cccc2n1CC(F)(F)F. The highest BCUT2D eigenvalue weighted by Gasteiger charge is 2.43. The molecule has 0 radical (unpaired) electrons. The number of fused-ring (bicyclic) bond motifs is 1. The van der Waals surface area contributed by atoms with Crippen molar-refractivity contribution in [2.45, 2.75) is 36.5 Å². The van der Waals surface area contributed by atoms with Crippen LogP contribution in [0.1, 0.15) is 18.5 Å². The third-order valence-electron chi connectivity index (χ3n) is 6.61. The molecule has 0 bridgehead atoms. The number of aliphatic hydroxyl groups is 1. The van der Waals surface area contributed by atoms with Crippen molar-refractivity contribution in [2.75, 3.05) is 43.0 Å². The lowest BCUT2D eigenvalue weighted by atomic mass is 9.67. The average molecular weight is 552 g/mol. The molecule has 4 rings (SSSR count). The van der Waals surface area contributed by atoms with Crippen molar-refractivity contribution in [3.8, 4) is 17.6 Å². The molecule has 1 heterocycles. The highest BCUT2D eigenvalue weighted by atomic mass is 35.5. The molecule has 0 amide bonds. The number of ether oxygens (including phenoxy) is 1. The van der Waals surface area contributed by atoms with Gasteiger partial charge >= 0.3 is 6.18 Å². The summed E-state index contributed by atoms with van der Waals surface area (Å²) in [5.74, 6) is 6.92. The van der Waals surface area contributed by atoms with Crippen molar-refractivity contribution in [1.29, 1.82) is 0 Å². The number of hydrogen-bond acceptors (Lipinski definition) is 5. The second-order valence-electron chi connectivity index (χ2n) is 9.23. The van der Waals surface area contributed by atoms with Crippen LogP contribution in [0.15, 0.2) is 47.4 Å². The summed E-state index contributed by atoms with van der Waals surface area (Å²) in [5, 5.41) is 16.9. The van der Waals surface area contributed by atoms with E-state index < -0.39 is 12.7 Å². The van der Waals surface area contributed by atoms with Gasteiger partial charge in [-0.15, -0.1) is 23.4 Å². The summed E-state index contributed by atoms with van der Waals surface area (Å²) in [4.78, 5) is 1.06. The zero-order valence-electron chi connectivity index (χ0n) is 20.6. The van der Waals surface area contributed by atoms with Crippen molar-refractivity contribution in [1.82, 2.24) is 4.57 Å². The zero-order valence-corrected chi connectivity index (χ0v) is 22.2. The van der Waals surface area contributed by atoms with E-state index in [4.69, 9.17) is 16.3 Å². The van der Waals surface area contributed by atoms with Crippen LogP contribution in [0.25, 0.3) is 10.9 Å². The molecule has 0 saturated heterocycles. The third-order valence-corrected chi connectivity index (χ3v) is 7.91. The van der Waals surface area contributed by atoms with Crippen molar-refractivity contribution >= 4 is 45.6 Å². The minimum Gasteiger partial charge on any atom is -0.495 e.